The van der Waals surface area contributed by atoms with Gasteiger partial charge in [-0.2, -0.15) is 0 Å². The van der Waals surface area contributed by atoms with E-state index in [0.29, 0.717) is 6.54 Å². The number of hydrogen-bond acceptors (Lipinski definition) is 6. The van der Waals surface area contributed by atoms with Gasteiger partial charge in [-0.3, -0.25) is 4.90 Å². The molecule has 0 amide bonds. The average Bonchev–Trinajstić information content (AvgIpc) is 3.28. The number of rotatable bonds is 7. The molecule has 0 radical (unpaired) electrons. The van der Waals surface area contributed by atoms with Crippen LogP contribution in [0.2, 0.25) is 0 Å². The van der Waals surface area contributed by atoms with E-state index in [4.69, 9.17) is 17.0 Å². The number of anilines is 1. The van der Waals surface area contributed by atoms with Crippen molar-refractivity contribution in [2.75, 3.05) is 44.6 Å². The molecule has 186 valence electrons. The van der Waals surface area contributed by atoms with Crippen LogP contribution in [0.15, 0.2) is 72.8 Å². The first kappa shape index (κ1) is 24.6. The predicted octanol–water partition coefficient (Wildman–Crippen LogP) is 5.03. The molecule has 3 aromatic carbocycles. The van der Waals surface area contributed by atoms with E-state index < -0.39 is 6.10 Å². The Hall–Kier alpha value is -3.04. The average molecular weight is 519 g/mol. The molecule has 0 aliphatic carbocycles. The fourth-order valence-corrected chi connectivity index (χ4v) is 5.54. The van der Waals surface area contributed by atoms with E-state index in [2.05, 4.69) is 44.4 Å². The zero-order valence-electron chi connectivity index (χ0n) is 20.3. The van der Waals surface area contributed by atoms with Crippen LogP contribution in [0.3, 0.4) is 0 Å². The van der Waals surface area contributed by atoms with Gasteiger partial charge in [-0.05, 0) is 42.9 Å². The van der Waals surface area contributed by atoms with Gasteiger partial charge in [-0.15, -0.1) is 11.3 Å². The lowest BCUT2D eigenvalue weighted by Gasteiger charge is -2.37. The van der Waals surface area contributed by atoms with Gasteiger partial charge in [0.15, 0.2) is 5.11 Å². The number of aryl methyl sites for hydroxylation is 1. The maximum Gasteiger partial charge on any atom is 0.173 e. The highest BCUT2D eigenvalue weighted by molar-refractivity contribution is 7.80. The molecule has 1 aromatic heterocycles. The smallest absolute Gasteiger partial charge is 0.173 e. The summed E-state index contributed by atoms with van der Waals surface area (Å²) < 4.78 is 6.99. The number of β-amino-alcohol motifs (C(OH)–C–C–N with tert-alkyl or cyclic N) is 1. The highest BCUT2D eigenvalue weighted by Crippen LogP contribution is 2.28. The van der Waals surface area contributed by atoms with Crippen molar-refractivity contribution in [3.8, 4) is 16.9 Å². The molecule has 1 aliphatic heterocycles. The maximum absolute atomic E-state index is 10.6. The van der Waals surface area contributed by atoms with Gasteiger partial charge in [-0.1, -0.05) is 48.5 Å². The second-order valence-corrected chi connectivity index (χ2v) is 10.6. The van der Waals surface area contributed by atoms with Crippen molar-refractivity contribution in [1.82, 2.24) is 14.8 Å². The molecule has 2 heterocycles. The molecule has 36 heavy (non-hydrogen) atoms. The minimum atomic E-state index is -0.563. The normalized spacial score (nSPS) is 15.1. The van der Waals surface area contributed by atoms with E-state index in [1.807, 2.05) is 55.5 Å². The van der Waals surface area contributed by atoms with Crippen LogP contribution in [0, 0.1) is 6.92 Å². The Morgan fingerprint density at radius 3 is 2.61 bits per heavy atom. The second-order valence-electron chi connectivity index (χ2n) is 8.96. The van der Waals surface area contributed by atoms with Crippen LogP contribution in [0.5, 0.6) is 5.75 Å². The van der Waals surface area contributed by atoms with Crippen LogP contribution in [0.25, 0.3) is 21.3 Å². The number of nitrogens with one attached hydrogen (secondary N) is 1. The fraction of sp³-hybridized carbons (Fsp3) is 0.286. The van der Waals surface area contributed by atoms with Crippen LogP contribution < -0.4 is 10.1 Å². The molecule has 0 bridgehead atoms. The van der Waals surface area contributed by atoms with Crippen molar-refractivity contribution in [1.29, 1.82) is 0 Å². The van der Waals surface area contributed by atoms with Crippen molar-refractivity contribution in [3.05, 3.63) is 77.8 Å². The van der Waals surface area contributed by atoms with Gasteiger partial charge in [-0.25, -0.2) is 4.98 Å². The number of thiocarbonyl (C=S) groups is 1. The lowest BCUT2D eigenvalue weighted by atomic mass is 10.0. The van der Waals surface area contributed by atoms with Crippen LogP contribution in [-0.4, -0.2) is 70.4 Å². The summed E-state index contributed by atoms with van der Waals surface area (Å²) >= 11 is 7.42. The highest BCUT2D eigenvalue weighted by Gasteiger charge is 2.21. The zero-order valence-corrected chi connectivity index (χ0v) is 21.9. The predicted molar refractivity (Wildman–Crippen MR) is 152 cm³/mol. The van der Waals surface area contributed by atoms with Crippen molar-refractivity contribution in [3.63, 3.8) is 0 Å². The van der Waals surface area contributed by atoms with Gasteiger partial charge in [0.25, 0.3) is 0 Å². The van der Waals surface area contributed by atoms with E-state index in [1.165, 1.54) is 0 Å². The van der Waals surface area contributed by atoms with E-state index in [-0.39, 0.29) is 6.61 Å². The van der Waals surface area contributed by atoms with Gasteiger partial charge in [0.05, 0.1) is 15.2 Å². The number of benzene rings is 3. The summed E-state index contributed by atoms with van der Waals surface area (Å²) in [7, 11) is 0. The molecular formula is C28H30N4O2S2. The Labute approximate surface area is 221 Å². The number of fused-ring (bicyclic) bond motifs is 1. The number of aliphatic hydroxyl groups is 1. The highest BCUT2D eigenvalue weighted by atomic mass is 32.1. The summed E-state index contributed by atoms with van der Waals surface area (Å²) in [5, 5.41) is 15.8. The van der Waals surface area contributed by atoms with Gasteiger partial charge in [0, 0.05) is 50.0 Å². The third-order valence-corrected chi connectivity index (χ3v) is 7.60. The van der Waals surface area contributed by atoms with Crippen molar-refractivity contribution in [2.24, 2.45) is 0 Å². The minimum absolute atomic E-state index is 0.255. The number of thiazole rings is 1. The third kappa shape index (κ3) is 6.02. The lowest BCUT2D eigenvalue weighted by molar-refractivity contribution is 0.0559. The van der Waals surface area contributed by atoms with Crippen LogP contribution in [0.4, 0.5) is 5.69 Å². The van der Waals surface area contributed by atoms with Gasteiger partial charge >= 0.3 is 0 Å². The summed E-state index contributed by atoms with van der Waals surface area (Å²) in [6.07, 6.45) is -0.563. The number of piperazine rings is 1. The standard InChI is InChI=1S/C28H30N4O2S2/c1-20-29-26-17-23(11-12-27(26)36-20)34-19-22(33)18-31-13-15-32(16-14-31)28(35)30-25-10-6-5-9-24(25)21-7-3-2-4-8-21/h2-12,17,22,33H,13-16,18-19H2,1H3,(H,30,35)/t22-/m1/s1. The van der Waals surface area contributed by atoms with E-state index >= 15 is 0 Å². The zero-order chi connectivity index (χ0) is 24.9. The molecule has 5 rings (SSSR count). The SMILES string of the molecule is Cc1nc2cc(OC[C@H](O)CN3CCN(C(=S)Nc4ccccc4-c4ccccc4)CC3)ccc2s1. The summed E-state index contributed by atoms with van der Waals surface area (Å²) in [4.78, 5) is 8.97. The van der Waals surface area contributed by atoms with Gasteiger partial charge in [0.1, 0.15) is 18.5 Å². The molecule has 0 spiro atoms. The summed E-state index contributed by atoms with van der Waals surface area (Å²) in [5.41, 5.74) is 4.24. The van der Waals surface area contributed by atoms with E-state index in [9.17, 15) is 5.11 Å². The van der Waals surface area contributed by atoms with Crippen LogP contribution in [-0.2, 0) is 0 Å². The van der Waals surface area contributed by atoms with E-state index in [0.717, 1.165) is 69.1 Å². The van der Waals surface area contributed by atoms with Crippen molar-refractivity contribution in [2.45, 2.75) is 13.0 Å². The van der Waals surface area contributed by atoms with Crippen LogP contribution >= 0.6 is 23.6 Å². The molecule has 4 aromatic rings. The lowest BCUT2D eigenvalue weighted by Crippen LogP contribution is -2.51. The molecule has 1 aliphatic rings. The molecule has 0 unspecified atom stereocenters. The number of aromatic nitrogens is 1. The molecular weight excluding hydrogens is 488 g/mol. The Kier molecular flexibility index (Phi) is 7.77. The monoisotopic (exact) mass is 518 g/mol. The summed E-state index contributed by atoms with van der Waals surface area (Å²) in [6, 6.07) is 24.5. The Morgan fingerprint density at radius 1 is 1.06 bits per heavy atom. The number of para-hydroxylation sites is 1. The Bertz CT molecular complexity index is 1320. The van der Waals surface area contributed by atoms with Crippen LogP contribution in [0.1, 0.15) is 5.01 Å². The quantitative estimate of drug-likeness (QED) is 0.333. The van der Waals surface area contributed by atoms with Crippen molar-refractivity contribution < 1.29 is 9.84 Å². The second kappa shape index (κ2) is 11.3. The molecule has 0 saturated carbocycles. The molecule has 1 saturated heterocycles. The number of nitrogens with zero attached hydrogens (tertiary/aromatic N) is 3. The molecule has 1 atom stereocenters. The summed E-state index contributed by atoms with van der Waals surface area (Å²) in [6.45, 7) is 6.13. The van der Waals surface area contributed by atoms with E-state index in [1.54, 1.807) is 11.3 Å². The van der Waals surface area contributed by atoms with Gasteiger partial charge < -0.3 is 20.1 Å². The third-order valence-electron chi connectivity index (χ3n) is 6.29. The summed E-state index contributed by atoms with van der Waals surface area (Å²) in [5.74, 6) is 0.740. The first-order valence-corrected chi connectivity index (χ1v) is 13.4. The largest absolute Gasteiger partial charge is 0.491 e. The number of ether oxygens (including phenoxy) is 1. The van der Waals surface area contributed by atoms with Crippen molar-refractivity contribution >= 4 is 44.6 Å². The Balaban J connectivity index is 1.09. The minimum Gasteiger partial charge on any atom is -0.491 e. The first-order valence-electron chi connectivity index (χ1n) is 12.2. The first-order chi connectivity index (χ1) is 17.5. The van der Waals surface area contributed by atoms with Gasteiger partial charge in [0.2, 0.25) is 0 Å². The number of hydrogen-bond donors (Lipinski definition) is 2. The molecule has 6 nitrogen and oxygen atoms in total. The number of aliphatic hydroxyl groups excluding tert-OH is 1. The topological polar surface area (TPSA) is 60.9 Å². The Morgan fingerprint density at radius 2 is 1.81 bits per heavy atom. The molecule has 2 N–H and O–H groups in total. The maximum atomic E-state index is 10.6. The molecule has 8 heteroatoms. The molecule has 1 fully saturated rings. The fourth-order valence-electron chi connectivity index (χ4n) is 4.44.